The topological polar surface area (TPSA) is 55.1 Å². The van der Waals surface area contributed by atoms with E-state index in [-0.39, 0.29) is 0 Å². The van der Waals surface area contributed by atoms with Gasteiger partial charge in [-0.2, -0.15) is 9.78 Å². The normalized spacial score (nSPS) is 10.8. The SMILES string of the molecule is Cc1cccc(-c2cn(C(=O)O)nc2-c2ccccc2)c1Cc1ccccc1. The first-order valence-corrected chi connectivity index (χ1v) is 9.14. The van der Waals surface area contributed by atoms with Crippen molar-refractivity contribution in [2.75, 3.05) is 0 Å². The van der Waals surface area contributed by atoms with Gasteiger partial charge in [0.05, 0.1) is 0 Å². The fourth-order valence-electron chi connectivity index (χ4n) is 3.47. The molecule has 0 radical (unpaired) electrons. The molecule has 3 aromatic carbocycles. The highest BCUT2D eigenvalue weighted by atomic mass is 16.4. The molecule has 0 spiro atoms. The van der Waals surface area contributed by atoms with E-state index in [1.165, 1.54) is 16.7 Å². The highest BCUT2D eigenvalue weighted by Gasteiger charge is 2.19. The summed E-state index contributed by atoms with van der Waals surface area (Å²) in [6.45, 7) is 2.09. The lowest BCUT2D eigenvalue weighted by Crippen LogP contribution is -2.07. The summed E-state index contributed by atoms with van der Waals surface area (Å²) in [6.07, 6.45) is 1.28. The van der Waals surface area contributed by atoms with Crippen LogP contribution in [0.2, 0.25) is 0 Å². The Morgan fingerprint density at radius 3 is 2.25 bits per heavy atom. The highest BCUT2D eigenvalue weighted by molar-refractivity contribution is 5.85. The molecule has 4 rings (SSSR count). The van der Waals surface area contributed by atoms with Gasteiger partial charge in [-0.25, -0.2) is 4.79 Å². The summed E-state index contributed by atoms with van der Waals surface area (Å²) < 4.78 is 0.992. The van der Waals surface area contributed by atoms with Gasteiger partial charge >= 0.3 is 6.09 Å². The van der Waals surface area contributed by atoms with E-state index in [1.54, 1.807) is 6.20 Å². The molecule has 1 aromatic heterocycles. The molecule has 1 N–H and O–H groups in total. The van der Waals surface area contributed by atoms with Crippen LogP contribution in [0.25, 0.3) is 22.4 Å². The van der Waals surface area contributed by atoms with Crippen LogP contribution in [0.1, 0.15) is 16.7 Å². The minimum atomic E-state index is -1.10. The summed E-state index contributed by atoms with van der Waals surface area (Å²) in [5.74, 6) is 0. The van der Waals surface area contributed by atoms with E-state index in [9.17, 15) is 9.90 Å². The fourth-order valence-corrected chi connectivity index (χ4v) is 3.47. The van der Waals surface area contributed by atoms with Crippen LogP contribution in [0.3, 0.4) is 0 Å². The van der Waals surface area contributed by atoms with Gasteiger partial charge in [0.15, 0.2) is 0 Å². The Bertz CT molecular complexity index is 1120. The summed E-state index contributed by atoms with van der Waals surface area (Å²) in [6, 6.07) is 26.1. The molecule has 0 fully saturated rings. The van der Waals surface area contributed by atoms with Gasteiger partial charge in [-0.05, 0) is 35.6 Å². The van der Waals surface area contributed by atoms with E-state index >= 15 is 0 Å². The summed E-state index contributed by atoms with van der Waals surface area (Å²) in [5.41, 5.74) is 6.95. The molecule has 28 heavy (non-hydrogen) atoms. The zero-order valence-corrected chi connectivity index (χ0v) is 15.5. The van der Waals surface area contributed by atoms with Crippen LogP contribution in [0.15, 0.2) is 85.1 Å². The Morgan fingerprint density at radius 2 is 1.57 bits per heavy atom. The summed E-state index contributed by atoms with van der Waals surface area (Å²) >= 11 is 0. The predicted molar refractivity (Wildman–Crippen MR) is 111 cm³/mol. The molecule has 0 bridgehead atoms. The van der Waals surface area contributed by atoms with E-state index < -0.39 is 6.09 Å². The standard InChI is InChI=1S/C24H20N2O2/c1-17-9-8-14-20(21(17)15-18-10-4-2-5-11-18)22-16-26(24(27)28)25-23(22)19-12-6-3-7-13-19/h2-14,16H,15H2,1H3,(H,27,28). The van der Waals surface area contributed by atoms with E-state index in [1.807, 2.05) is 60.7 Å². The van der Waals surface area contributed by atoms with Crippen molar-refractivity contribution in [2.24, 2.45) is 0 Å². The van der Waals surface area contributed by atoms with Gasteiger partial charge in [-0.1, -0.05) is 78.9 Å². The van der Waals surface area contributed by atoms with Gasteiger partial charge in [-0.3, -0.25) is 0 Å². The van der Waals surface area contributed by atoms with Crippen molar-refractivity contribution in [3.8, 4) is 22.4 Å². The minimum absolute atomic E-state index is 0.669. The molecule has 0 unspecified atom stereocenters. The van der Waals surface area contributed by atoms with Crippen molar-refractivity contribution in [1.82, 2.24) is 9.78 Å². The average Bonchev–Trinajstić information content (AvgIpc) is 3.17. The number of benzene rings is 3. The number of hydrogen-bond donors (Lipinski definition) is 1. The van der Waals surface area contributed by atoms with E-state index in [4.69, 9.17) is 0 Å². The molecule has 0 aliphatic carbocycles. The largest absolute Gasteiger partial charge is 0.463 e. The lowest BCUT2D eigenvalue weighted by Gasteiger charge is -2.13. The van der Waals surface area contributed by atoms with Gasteiger partial charge in [0.2, 0.25) is 0 Å². The third kappa shape index (κ3) is 3.45. The quantitative estimate of drug-likeness (QED) is 0.507. The first-order chi connectivity index (χ1) is 13.6. The number of carbonyl (C=O) groups is 1. The number of aryl methyl sites for hydroxylation is 1. The van der Waals surface area contributed by atoms with Crippen molar-refractivity contribution in [2.45, 2.75) is 13.3 Å². The monoisotopic (exact) mass is 368 g/mol. The number of rotatable bonds is 4. The second-order valence-corrected chi connectivity index (χ2v) is 6.75. The molecule has 0 saturated heterocycles. The molecule has 0 saturated carbocycles. The number of aromatic nitrogens is 2. The molecule has 4 nitrogen and oxygen atoms in total. The van der Waals surface area contributed by atoms with Crippen LogP contribution in [0, 0.1) is 6.92 Å². The number of nitrogens with zero attached hydrogens (tertiary/aromatic N) is 2. The third-order valence-electron chi connectivity index (χ3n) is 4.88. The number of carboxylic acid groups (broad SMARTS) is 1. The maximum atomic E-state index is 11.6. The Labute approximate surface area is 163 Å². The van der Waals surface area contributed by atoms with Crippen molar-refractivity contribution >= 4 is 6.09 Å². The van der Waals surface area contributed by atoms with Crippen LogP contribution in [-0.4, -0.2) is 21.0 Å². The lowest BCUT2D eigenvalue weighted by molar-refractivity contribution is 0.192. The van der Waals surface area contributed by atoms with Gasteiger partial charge in [0.25, 0.3) is 0 Å². The van der Waals surface area contributed by atoms with Crippen LogP contribution < -0.4 is 0 Å². The maximum Gasteiger partial charge on any atom is 0.432 e. The van der Waals surface area contributed by atoms with E-state index in [0.717, 1.165) is 27.8 Å². The second-order valence-electron chi connectivity index (χ2n) is 6.75. The Balaban J connectivity index is 1.90. The zero-order valence-electron chi connectivity index (χ0n) is 15.5. The molecule has 0 atom stereocenters. The molecule has 0 aliphatic heterocycles. The van der Waals surface area contributed by atoms with Gasteiger partial charge < -0.3 is 5.11 Å². The molecule has 0 amide bonds. The van der Waals surface area contributed by atoms with Crippen molar-refractivity contribution < 1.29 is 9.90 Å². The fraction of sp³-hybridized carbons (Fsp3) is 0.0833. The minimum Gasteiger partial charge on any atom is -0.463 e. The first kappa shape index (κ1) is 17.7. The zero-order chi connectivity index (χ0) is 19.5. The number of hydrogen-bond acceptors (Lipinski definition) is 2. The van der Waals surface area contributed by atoms with E-state index in [2.05, 4.69) is 30.2 Å². The molecule has 4 heteroatoms. The van der Waals surface area contributed by atoms with Gasteiger partial charge in [0, 0.05) is 17.3 Å². The molecule has 138 valence electrons. The molecular weight excluding hydrogens is 348 g/mol. The summed E-state index contributed by atoms with van der Waals surface area (Å²) in [4.78, 5) is 11.6. The maximum absolute atomic E-state index is 11.6. The third-order valence-corrected chi connectivity index (χ3v) is 4.88. The van der Waals surface area contributed by atoms with Gasteiger partial charge in [-0.15, -0.1) is 0 Å². The van der Waals surface area contributed by atoms with Crippen molar-refractivity contribution in [1.29, 1.82) is 0 Å². The van der Waals surface area contributed by atoms with Crippen molar-refractivity contribution in [3.05, 3.63) is 102 Å². The van der Waals surface area contributed by atoms with Crippen LogP contribution in [-0.2, 0) is 6.42 Å². The van der Waals surface area contributed by atoms with Crippen LogP contribution in [0.5, 0.6) is 0 Å². The Morgan fingerprint density at radius 1 is 0.893 bits per heavy atom. The van der Waals surface area contributed by atoms with Gasteiger partial charge in [0.1, 0.15) is 5.69 Å². The lowest BCUT2D eigenvalue weighted by atomic mass is 9.90. The first-order valence-electron chi connectivity index (χ1n) is 9.14. The Kier molecular flexibility index (Phi) is 4.77. The average molecular weight is 368 g/mol. The van der Waals surface area contributed by atoms with Crippen LogP contribution in [0.4, 0.5) is 4.79 Å². The summed E-state index contributed by atoms with van der Waals surface area (Å²) in [7, 11) is 0. The highest BCUT2D eigenvalue weighted by Crippen LogP contribution is 2.35. The molecule has 1 heterocycles. The summed E-state index contributed by atoms with van der Waals surface area (Å²) in [5, 5.41) is 13.8. The predicted octanol–water partition coefficient (Wildman–Crippen LogP) is 5.64. The molecular formula is C24H20N2O2. The Hall–Kier alpha value is -3.66. The molecule has 4 aromatic rings. The smallest absolute Gasteiger partial charge is 0.432 e. The van der Waals surface area contributed by atoms with E-state index in [0.29, 0.717) is 5.69 Å². The van der Waals surface area contributed by atoms with Crippen LogP contribution >= 0.6 is 0 Å². The second kappa shape index (κ2) is 7.53. The van der Waals surface area contributed by atoms with Crippen molar-refractivity contribution in [3.63, 3.8) is 0 Å². The molecule has 0 aliphatic rings.